The second-order valence-electron chi connectivity index (χ2n) is 5.28. The summed E-state index contributed by atoms with van der Waals surface area (Å²) in [6.07, 6.45) is 2.27. The number of carbonyl (C=O) groups is 2. The summed E-state index contributed by atoms with van der Waals surface area (Å²) in [6, 6.07) is 7.00. The first kappa shape index (κ1) is 19.3. The van der Waals surface area contributed by atoms with Gasteiger partial charge in [-0.1, -0.05) is 36.1 Å². The Hall–Kier alpha value is -2.00. The molecule has 1 aromatic carbocycles. The molecule has 0 bridgehead atoms. The predicted molar refractivity (Wildman–Crippen MR) is 101 cm³/mol. The van der Waals surface area contributed by atoms with Crippen molar-refractivity contribution < 1.29 is 19.1 Å². The Morgan fingerprint density at radius 2 is 1.80 bits per heavy atom. The lowest BCUT2D eigenvalue weighted by molar-refractivity contribution is -0.128. The Bertz CT molecular complexity index is 621. The zero-order valence-electron chi connectivity index (χ0n) is 13.9. The van der Waals surface area contributed by atoms with Crippen LogP contribution in [0.25, 0.3) is 0 Å². The van der Waals surface area contributed by atoms with E-state index < -0.39 is 5.91 Å². The highest BCUT2D eigenvalue weighted by atomic mass is 32.2. The van der Waals surface area contributed by atoms with Crippen LogP contribution in [0, 0.1) is 0 Å². The number of thiocarbonyl (C=S) groups is 1. The van der Waals surface area contributed by atoms with E-state index in [1.165, 1.54) is 18.9 Å². The number of hydrogen-bond donors (Lipinski definition) is 2. The molecule has 7 nitrogen and oxygen atoms in total. The average molecular weight is 383 g/mol. The molecular formula is C16H21N3O4S2. The fraction of sp³-hybridized carbons (Fsp3) is 0.438. The monoisotopic (exact) mass is 383 g/mol. The molecular weight excluding hydrogens is 362 g/mol. The van der Waals surface area contributed by atoms with Gasteiger partial charge in [0.1, 0.15) is 4.32 Å². The van der Waals surface area contributed by atoms with Gasteiger partial charge in [-0.3, -0.25) is 20.4 Å². The molecule has 1 saturated heterocycles. The Kier molecular flexibility index (Phi) is 7.80. The lowest BCUT2D eigenvalue weighted by atomic mass is 10.3. The maximum Gasteiger partial charge on any atom is 0.276 e. The van der Waals surface area contributed by atoms with Crippen LogP contribution >= 0.6 is 24.0 Å². The van der Waals surface area contributed by atoms with Gasteiger partial charge in [0.2, 0.25) is 5.91 Å². The van der Waals surface area contributed by atoms with Gasteiger partial charge in [0, 0.05) is 13.1 Å². The van der Waals surface area contributed by atoms with Gasteiger partial charge >= 0.3 is 0 Å². The Morgan fingerprint density at radius 3 is 2.48 bits per heavy atom. The first-order valence-electron chi connectivity index (χ1n) is 7.85. The van der Waals surface area contributed by atoms with Crippen molar-refractivity contribution in [3.63, 3.8) is 0 Å². The van der Waals surface area contributed by atoms with Crippen molar-refractivity contribution in [2.45, 2.75) is 12.8 Å². The number of nitrogens with one attached hydrogen (secondary N) is 2. The molecule has 1 fully saturated rings. The molecule has 0 aliphatic carbocycles. The number of thioether (sulfide) groups is 1. The number of carbonyl (C=O) groups excluding carboxylic acids is 2. The minimum absolute atomic E-state index is 0.156. The molecule has 25 heavy (non-hydrogen) atoms. The number of methoxy groups -OCH3 is 1. The molecule has 1 heterocycles. The second kappa shape index (κ2) is 10.1. The third-order valence-corrected chi connectivity index (χ3v) is 4.98. The van der Waals surface area contributed by atoms with Gasteiger partial charge in [0.05, 0.1) is 12.9 Å². The summed E-state index contributed by atoms with van der Waals surface area (Å²) in [4.78, 5) is 25.6. The van der Waals surface area contributed by atoms with E-state index in [9.17, 15) is 9.59 Å². The van der Waals surface area contributed by atoms with Gasteiger partial charge in [-0.2, -0.15) is 0 Å². The minimum atomic E-state index is -0.466. The summed E-state index contributed by atoms with van der Waals surface area (Å²) in [7, 11) is 1.52. The largest absolute Gasteiger partial charge is 0.493 e. The van der Waals surface area contributed by atoms with Crippen LogP contribution in [0.2, 0.25) is 0 Å². The normalized spacial score (nSPS) is 13.2. The summed E-state index contributed by atoms with van der Waals surface area (Å²) in [5.74, 6) is 0.357. The average Bonchev–Trinajstić information content (AvgIpc) is 3.17. The third kappa shape index (κ3) is 6.43. The van der Waals surface area contributed by atoms with Gasteiger partial charge in [-0.15, -0.1) is 0 Å². The van der Waals surface area contributed by atoms with Crippen LogP contribution in [-0.4, -0.2) is 53.6 Å². The van der Waals surface area contributed by atoms with Gasteiger partial charge < -0.3 is 14.4 Å². The maximum absolute atomic E-state index is 11.8. The van der Waals surface area contributed by atoms with Gasteiger partial charge in [-0.25, -0.2) is 0 Å². The van der Waals surface area contributed by atoms with Crippen LogP contribution in [0.3, 0.4) is 0 Å². The molecule has 9 heteroatoms. The fourth-order valence-electron chi connectivity index (χ4n) is 2.21. The molecule has 0 aromatic heterocycles. The topological polar surface area (TPSA) is 79.9 Å². The SMILES string of the molecule is COc1ccccc1OCC(=O)NNC(=O)CSC(=S)N1CCCC1. The standard InChI is InChI=1S/C16H21N3O4S2/c1-22-12-6-2-3-7-13(12)23-10-14(20)17-18-15(21)11-25-16(24)19-8-4-5-9-19/h2-3,6-7H,4-5,8-11H2,1H3,(H,17,20)(H,18,21). The lowest BCUT2D eigenvalue weighted by Crippen LogP contribution is -2.44. The number of benzene rings is 1. The van der Waals surface area contributed by atoms with E-state index in [-0.39, 0.29) is 18.3 Å². The molecule has 2 N–H and O–H groups in total. The van der Waals surface area contributed by atoms with Gasteiger partial charge in [0.15, 0.2) is 18.1 Å². The third-order valence-electron chi connectivity index (χ3n) is 3.46. The predicted octanol–water partition coefficient (Wildman–Crippen LogP) is 1.34. The molecule has 1 aliphatic rings. The van der Waals surface area contributed by atoms with Crippen molar-refractivity contribution >= 4 is 40.1 Å². The summed E-state index contributed by atoms with van der Waals surface area (Å²) in [6.45, 7) is 1.66. The first-order chi connectivity index (χ1) is 12.1. The van der Waals surface area contributed by atoms with E-state index in [0.29, 0.717) is 11.5 Å². The highest BCUT2D eigenvalue weighted by molar-refractivity contribution is 8.23. The summed E-state index contributed by atoms with van der Waals surface area (Å²) >= 11 is 6.57. The van der Waals surface area contributed by atoms with Crippen molar-refractivity contribution in [3.05, 3.63) is 24.3 Å². The van der Waals surface area contributed by atoms with Crippen molar-refractivity contribution in [2.24, 2.45) is 0 Å². The van der Waals surface area contributed by atoms with Crippen molar-refractivity contribution in [3.8, 4) is 11.5 Å². The maximum atomic E-state index is 11.8. The molecule has 0 saturated carbocycles. The van der Waals surface area contributed by atoms with Crippen LogP contribution in [0.15, 0.2) is 24.3 Å². The molecule has 0 atom stereocenters. The van der Waals surface area contributed by atoms with Crippen LogP contribution < -0.4 is 20.3 Å². The smallest absolute Gasteiger partial charge is 0.276 e. The lowest BCUT2D eigenvalue weighted by Gasteiger charge is -2.17. The van der Waals surface area contributed by atoms with Crippen molar-refractivity contribution in [1.29, 1.82) is 0 Å². The van der Waals surface area contributed by atoms with E-state index >= 15 is 0 Å². The number of likely N-dealkylation sites (tertiary alicyclic amines) is 1. The molecule has 0 unspecified atom stereocenters. The van der Waals surface area contributed by atoms with Crippen LogP contribution in [0.5, 0.6) is 11.5 Å². The van der Waals surface area contributed by atoms with Crippen LogP contribution in [0.1, 0.15) is 12.8 Å². The van der Waals surface area contributed by atoms with E-state index in [0.717, 1.165) is 30.3 Å². The molecule has 0 radical (unpaired) electrons. The first-order valence-corrected chi connectivity index (χ1v) is 9.24. The van der Waals surface area contributed by atoms with Crippen molar-refractivity contribution in [1.82, 2.24) is 15.8 Å². The number of rotatable bonds is 6. The van der Waals surface area contributed by atoms with Gasteiger partial charge in [-0.05, 0) is 25.0 Å². The number of ether oxygens (including phenoxy) is 2. The molecule has 1 aromatic rings. The number of nitrogens with zero attached hydrogens (tertiary/aromatic N) is 1. The highest BCUT2D eigenvalue weighted by Crippen LogP contribution is 2.25. The van der Waals surface area contributed by atoms with E-state index in [2.05, 4.69) is 15.8 Å². The van der Waals surface area contributed by atoms with E-state index in [1.54, 1.807) is 24.3 Å². The quantitative estimate of drug-likeness (QED) is 0.567. The minimum Gasteiger partial charge on any atom is -0.493 e. The molecule has 0 spiro atoms. The zero-order valence-corrected chi connectivity index (χ0v) is 15.6. The summed E-state index contributed by atoms with van der Waals surface area (Å²) in [5, 5.41) is 0. The number of amides is 2. The number of para-hydroxylation sites is 2. The van der Waals surface area contributed by atoms with E-state index in [1.807, 2.05) is 0 Å². The molecule has 2 rings (SSSR count). The second-order valence-corrected chi connectivity index (χ2v) is 6.89. The van der Waals surface area contributed by atoms with Crippen LogP contribution in [-0.2, 0) is 9.59 Å². The summed E-state index contributed by atoms with van der Waals surface area (Å²) < 4.78 is 11.2. The Balaban J connectivity index is 1.63. The number of hydrazine groups is 1. The highest BCUT2D eigenvalue weighted by Gasteiger charge is 2.16. The van der Waals surface area contributed by atoms with Crippen LogP contribution in [0.4, 0.5) is 0 Å². The molecule has 1 aliphatic heterocycles. The Labute approximate surface area is 156 Å². The zero-order chi connectivity index (χ0) is 18.1. The van der Waals surface area contributed by atoms with E-state index in [4.69, 9.17) is 21.7 Å². The Morgan fingerprint density at radius 1 is 1.16 bits per heavy atom. The molecule has 136 valence electrons. The fourth-order valence-corrected chi connectivity index (χ4v) is 3.26. The summed E-state index contributed by atoms with van der Waals surface area (Å²) in [5.41, 5.74) is 4.65. The van der Waals surface area contributed by atoms with Gasteiger partial charge in [0.25, 0.3) is 5.91 Å². The van der Waals surface area contributed by atoms with Crippen molar-refractivity contribution in [2.75, 3.05) is 32.6 Å². The molecule has 2 amide bonds. The number of hydrogen-bond acceptors (Lipinski definition) is 6.